The number of hydrogen-bond donors (Lipinski definition) is 0. The summed E-state index contributed by atoms with van der Waals surface area (Å²) in [6, 6.07) is 6.17. The quantitative estimate of drug-likeness (QED) is 0.858. The van der Waals surface area contributed by atoms with E-state index in [1.54, 1.807) is 0 Å². The van der Waals surface area contributed by atoms with Crippen molar-refractivity contribution in [2.24, 2.45) is 5.92 Å². The molecule has 1 aliphatic heterocycles. The number of nitrogens with zero attached hydrogens (tertiary/aromatic N) is 3. The molecule has 1 aromatic heterocycles. The Kier molecular flexibility index (Phi) is 3.23. The highest BCUT2D eigenvalue weighted by molar-refractivity contribution is 5.81. The fourth-order valence-corrected chi connectivity index (χ4v) is 2.50. The lowest BCUT2D eigenvalue weighted by Crippen LogP contribution is -2.09. The minimum atomic E-state index is -0.0478. The minimum absolute atomic E-state index is 0.0478. The molecule has 0 bridgehead atoms. The van der Waals surface area contributed by atoms with E-state index >= 15 is 0 Å². The summed E-state index contributed by atoms with van der Waals surface area (Å²) >= 11 is 0. The summed E-state index contributed by atoms with van der Waals surface area (Å²) in [5, 5.41) is 9.05. The topological polar surface area (TPSA) is 60.1 Å². The van der Waals surface area contributed by atoms with Crippen LogP contribution in [0.4, 0.5) is 0 Å². The van der Waals surface area contributed by atoms with E-state index in [-0.39, 0.29) is 12.7 Å². The van der Waals surface area contributed by atoms with Gasteiger partial charge in [0.15, 0.2) is 11.5 Å². The summed E-state index contributed by atoms with van der Waals surface area (Å²) < 4.78 is 13.0. The van der Waals surface area contributed by atoms with Gasteiger partial charge in [-0.2, -0.15) is 5.26 Å². The van der Waals surface area contributed by atoms with Crippen molar-refractivity contribution in [3.63, 3.8) is 0 Å². The molecule has 0 fully saturated rings. The molecule has 1 aromatic carbocycles. The van der Waals surface area contributed by atoms with Crippen molar-refractivity contribution >= 4 is 11.0 Å². The summed E-state index contributed by atoms with van der Waals surface area (Å²) in [4.78, 5) is 4.69. The van der Waals surface area contributed by atoms with Gasteiger partial charge in [0.2, 0.25) is 6.79 Å². The molecule has 5 heteroatoms. The van der Waals surface area contributed by atoms with E-state index in [0.717, 1.165) is 41.2 Å². The van der Waals surface area contributed by atoms with Crippen LogP contribution in [0.15, 0.2) is 12.1 Å². The first-order chi connectivity index (χ1) is 9.72. The third kappa shape index (κ3) is 2.07. The third-order valence-corrected chi connectivity index (χ3v) is 3.47. The normalized spacial score (nSPS) is 14.4. The first-order valence-electron chi connectivity index (χ1n) is 6.91. The molecular formula is C15H17N3O2. The van der Waals surface area contributed by atoms with Gasteiger partial charge < -0.3 is 14.0 Å². The number of aryl methyl sites for hydroxylation is 1. The second-order valence-electron chi connectivity index (χ2n) is 5.11. The fourth-order valence-electron chi connectivity index (χ4n) is 2.50. The number of aromatic nitrogens is 2. The molecule has 0 aliphatic carbocycles. The Morgan fingerprint density at radius 2 is 2.15 bits per heavy atom. The zero-order valence-electron chi connectivity index (χ0n) is 11.7. The van der Waals surface area contributed by atoms with E-state index in [4.69, 9.17) is 14.7 Å². The van der Waals surface area contributed by atoms with Gasteiger partial charge in [-0.1, -0.05) is 6.92 Å². The summed E-state index contributed by atoms with van der Waals surface area (Å²) in [6.07, 6.45) is 1.93. The highest BCUT2D eigenvalue weighted by Crippen LogP contribution is 2.36. The lowest BCUT2D eigenvalue weighted by atomic mass is 10.2. The van der Waals surface area contributed by atoms with Crippen LogP contribution in [-0.2, 0) is 13.0 Å². The molecule has 0 saturated carbocycles. The highest BCUT2D eigenvalue weighted by Gasteiger charge is 2.19. The van der Waals surface area contributed by atoms with Gasteiger partial charge in [0.05, 0.1) is 23.0 Å². The van der Waals surface area contributed by atoms with Crippen molar-refractivity contribution in [1.82, 2.24) is 9.55 Å². The van der Waals surface area contributed by atoms with Crippen molar-refractivity contribution in [3.05, 3.63) is 18.0 Å². The standard InChI is InChI=1S/C15H17N3O2/c1-3-4-15-17-11-5-13-14(20-9-19-13)6-12(11)18(15)8-10(2)7-16/h5-6,10H,3-4,8-9H2,1-2H3. The zero-order chi connectivity index (χ0) is 14.1. The van der Waals surface area contributed by atoms with Crippen LogP contribution in [0.3, 0.4) is 0 Å². The van der Waals surface area contributed by atoms with Gasteiger partial charge in [-0.3, -0.25) is 0 Å². The molecular weight excluding hydrogens is 254 g/mol. The van der Waals surface area contributed by atoms with E-state index < -0.39 is 0 Å². The Morgan fingerprint density at radius 3 is 2.85 bits per heavy atom. The van der Waals surface area contributed by atoms with Gasteiger partial charge in [-0.05, 0) is 13.3 Å². The lowest BCUT2D eigenvalue weighted by molar-refractivity contribution is 0.174. The molecule has 0 saturated heterocycles. The number of nitriles is 1. The van der Waals surface area contributed by atoms with Gasteiger partial charge in [0, 0.05) is 25.1 Å². The summed E-state index contributed by atoms with van der Waals surface area (Å²) in [5.74, 6) is 2.48. The number of imidazole rings is 1. The molecule has 1 aliphatic rings. The highest BCUT2D eigenvalue weighted by atomic mass is 16.7. The number of hydrogen-bond acceptors (Lipinski definition) is 4. The molecule has 20 heavy (non-hydrogen) atoms. The van der Waals surface area contributed by atoms with Crippen molar-refractivity contribution < 1.29 is 9.47 Å². The number of ether oxygens (including phenoxy) is 2. The second-order valence-corrected chi connectivity index (χ2v) is 5.11. The van der Waals surface area contributed by atoms with Crippen molar-refractivity contribution in [3.8, 4) is 17.6 Å². The van der Waals surface area contributed by atoms with E-state index in [1.807, 2.05) is 19.1 Å². The van der Waals surface area contributed by atoms with Crippen LogP contribution in [0.2, 0.25) is 0 Å². The van der Waals surface area contributed by atoms with Crippen molar-refractivity contribution in [1.29, 1.82) is 5.26 Å². The molecule has 3 rings (SSSR count). The first kappa shape index (κ1) is 12.8. The van der Waals surface area contributed by atoms with E-state index in [2.05, 4.69) is 22.5 Å². The van der Waals surface area contributed by atoms with Gasteiger partial charge in [0.1, 0.15) is 5.82 Å². The second kappa shape index (κ2) is 5.04. The van der Waals surface area contributed by atoms with Crippen LogP contribution >= 0.6 is 0 Å². The molecule has 0 N–H and O–H groups in total. The maximum atomic E-state index is 9.05. The third-order valence-electron chi connectivity index (χ3n) is 3.47. The van der Waals surface area contributed by atoms with Crippen LogP contribution in [0.25, 0.3) is 11.0 Å². The number of benzene rings is 1. The van der Waals surface area contributed by atoms with Gasteiger partial charge in [-0.15, -0.1) is 0 Å². The van der Waals surface area contributed by atoms with E-state index in [1.165, 1.54) is 0 Å². The lowest BCUT2D eigenvalue weighted by Gasteiger charge is -2.10. The van der Waals surface area contributed by atoms with E-state index in [9.17, 15) is 0 Å². The van der Waals surface area contributed by atoms with Crippen LogP contribution < -0.4 is 9.47 Å². The molecule has 0 radical (unpaired) electrons. The van der Waals surface area contributed by atoms with E-state index in [0.29, 0.717) is 6.54 Å². The Labute approximate surface area is 117 Å². The SMILES string of the molecule is CCCc1nc2cc3c(cc2n1CC(C)C#N)OCO3. The van der Waals surface area contributed by atoms with Gasteiger partial charge in [-0.25, -0.2) is 4.98 Å². The Balaban J connectivity index is 2.12. The minimum Gasteiger partial charge on any atom is -0.454 e. The monoisotopic (exact) mass is 271 g/mol. The molecule has 2 heterocycles. The van der Waals surface area contributed by atoms with Crippen LogP contribution in [-0.4, -0.2) is 16.3 Å². The Morgan fingerprint density at radius 1 is 1.40 bits per heavy atom. The summed E-state index contributed by atoms with van der Waals surface area (Å²) in [6.45, 7) is 4.97. The van der Waals surface area contributed by atoms with Gasteiger partial charge >= 0.3 is 0 Å². The molecule has 2 aromatic rings. The molecule has 0 amide bonds. The molecule has 1 unspecified atom stereocenters. The predicted molar refractivity (Wildman–Crippen MR) is 74.6 cm³/mol. The smallest absolute Gasteiger partial charge is 0.231 e. The Hall–Kier alpha value is -2.22. The van der Waals surface area contributed by atoms with Crippen LogP contribution in [0.5, 0.6) is 11.5 Å². The average Bonchev–Trinajstić information content (AvgIpc) is 3.02. The molecule has 1 atom stereocenters. The van der Waals surface area contributed by atoms with Crippen LogP contribution in [0, 0.1) is 17.2 Å². The first-order valence-corrected chi connectivity index (χ1v) is 6.91. The predicted octanol–water partition coefficient (Wildman–Crippen LogP) is 2.88. The average molecular weight is 271 g/mol. The summed E-state index contributed by atoms with van der Waals surface area (Å²) in [7, 11) is 0. The van der Waals surface area contributed by atoms with Crippen LogP contribution in [0.1, 0.15) is 26.1 Å². The maximum absolute atomic E-state index is 9.05. The zero-order valence-corrected chi connectivity index (χ0v) is 11.7. The molecule has 5 nitrogen and oxygen atoms in total. The molecule has 104 valence electrons. The Bertz CT molecular complexity index is 684. The summed E-state index contributed by atoms with van der Waals surface area (Å²) in [5.41, 5.74) is 1.92. The van der Waals surface area contributed by atoms with Crippen molar-refractivity contribution in [2.45, 2.75) is 33.2 Å². The number of fused-ring (bicyclic) bond motifs is 2. The molecule has 0 spiro atoms. The largest absolute Gasteiger partial charge is 0.454 e. The van der Waals surface area contributed by atoms with Crippen molar-refractivity contribution in [2.75, 3.05) is 6.79 Å². The van der Waals surface area contributed by atoms with Gasteiger partial charge in [0.25, 0.3) is 0 Å². The maximum Gasteiger partial charge on any atom is 0.231 e. The fraction of sp³-hybridized carbons (Fsp3) is 0.467. The number of rotatable bonds is 4.